The molecule has 0 bridgehead atoms. The molecule has 7 heteroatoms. The maximum atomic E-state index is 9.60. The second-order valence-electron chi connectivity index (χ2n) is 20.8. The van der Waals surface area contributed by atoms with Gasteiger partial charge in [0.1, 0.15) is 11.5 Å². The van der Waals surface area contributed by atoms with Crippen molar-refractivity contribution in [3.8, 4) is 45.6 Å². The van der Waals surface area contributed by atoms with Gasteiger partial charge in [0, 0.05) is 51.1 Å². The second-order valence-corrected chi connectivity index (χ2v) is 20.8. The molecule has 0 radical (unpaired) electrons. The van der Waals surface area contributed by atoms with Gasteiger partial charge < -0.3 is 9.30 Å². The predicted molar refractivity (Wildman–Crippen MR) is 280 cm³/mol. The minimum absolute atomic E-state index is 0. The Morgan fingerprint density at radius 1 is 0.638 bits per heavy atom. The Bertz CT molecular complexity index is 3710. The van der Waals surface area contributed by atoms with E-state index in [-0.39, 0.29) is 42.9 Å². The van der Waals surface area contributed by atoms with Gasteiger partial charge in [-0.25, -0.2) is 4.98 Å². The van der Waals surface area contributed by atoms with Gasteiger partial charge in [-0.3, -0.25) is 0 Å². The maximum absolute atomic E-state index is 9.60. The quantitative estimate of drug-likeness (QED) is 0.118. The van der Waals surface area contributed by atoms with Crippen molar-refractivity contribution in [1.82, 2.24) is 18.7 Å². The van der Waals surface area contributed by atoms with Crippen LogP contribution >= 0.6 is 0 Å². The molecule has 0 amide bonds. The summed E-state index contributed by atoms with van der Waals surface area (Å²) in [6.45, 7) is 17.8. The average molecular weight is 1080 g/mol. The third-order valence-electron chi connectivity index (χ3n) is 12.8. The van der Waals surface area contributed by atoms with E-state index in [9.17, 15) is 5.26 Å². The summed E-state index contributed by atoms with van der Waals surface area (Å²) in [5.74, 6) is 1.34. The summed E-state index contributed by atoms with van der Waals surface area (Å²) in [4.78, 5) is 4.86. The van der Waals surface area contributed by atoms with Crippen molar-refractivity contribution in [3.05, 3.63) is 192 Å². The van der Waals surface area contributed by atoms with Gasteiger partial charge in [0.25, 0.3) is 5.69 Å². The van der Waals surface area contributed by atoms with E-state index in [0.29, 0.717) is 39.5 Å². The van der Waals surface area contributed by atoms with E-state index in [1.807, 2.05) is 59.2 Å². The van der Waals surface area contributed by atoms with Gasteiger partial charge in [-0.15, -0.1) is 23.6 Å². The van der Waals surface area contributed by atoms with Crippen molar-refractivity contribution >= 4 is 50.6 Å². The third kappa shape index (κ3) is 8.90. The molecule has 0 fully saturated rings. The zero-order valence-corrected chi connectivity index (χ0v) is 42.7. The molecule has 0 N–H and O–H groups in total. The molecule has 10 rings (SSSR count). The SMILES string of the molecule is [2H]C([2H])([2H])c1cc(-n2c3[c-]c(Oc4[c-]c([N+]5=C=[N+](c6cc(C(C)(C)C)cc(C(C)(C)C)c6)c6c(-c7cccc(C(C)(C)C)c7)cccc65)ccc4)ccc3c3ccccc32)ncc1-c1cccc(C#N)c1.[Pt+2]. The summed E-state index contributed by atoms with van der Waals surface area (Å²) >= 11 is 0. The van der Waals surface area contributed by atoms with Gasteiger partial charge in [-0.2, -0.15) is 17.4 Å². The monoisotopic (exact) mass is 1080 g/mol. The number of pyridine rings is 1. The van der Waals surface area contributed by atoms with Crippen molar-refractivity contribution < 1.29 is 29.9 Å². The van der Waals surface area contributed by atoms with E-state index in [1.165, 1.54) is 16.7 Å². The summed E-state index contributed by atoms with van der Waals surface area (Å²) in [6.07, 6.45) is 1.58. The zero-order chi connectivity index (χ0) is 50.2. The average Bonchev–Trinajstić information content (AvgIpc) is 3.89. The Morgan fingerprint density at radius 3 is 2.04 bits per heavy atom. The third-order valence-corrected chi connectivity index (χ3v) is 12.8. The molecule has 7 aromatic carbocycles. The Morgan fingerprint density at radius 2 is 1.32 bits per heavy atom. The first-order chi connectivity index (χ1) is 33.7. The van der Waals surface area contributed by atoms with Crippen LogP contribution < -0.4 is 13.9 Å². The summed E-state index contributed by atoms with van der Waals surface area (Å²) < 4.78 is 38.6. The van der Waals surface area contributed by atoms with Crippen LogP contribution in [0.2, 0.25) is 0 Å². The number of ether oxygens (including phenoxy) is 1. The van der Waals surface area contributed by atoms with E-state index in [2.05, 4.69) is 156 Å². The Balaban J connectivity index is 0.00000640. The van der Waals surface area contributed by atoms with E-state index >= 15 is 0 Å². The van der Waals surface area contributed by atoms with Crippen LogP contribution in [0, 0.1) is 30.3 Å². The fourth-order valence-corrected chi connectivity index (χ4v) is 8.98. The summed E-state index contributed by atoms with van der Waals surface area (Å²) in [6, 6.07) is 61.6. The molecule has 2 aromatic heterocycles. The van der Waals surface area contributed by atoms with Crippen LogP contribution in [0.4, 0.5) is 22.7 Å². The van der Waals surface area contributed by atoms with Gasteiger partial charge in [0.05, 0.1) is 17.2 Å². The zero-order valence-electron chi connectivity index (χ0n) is 43.4. The number of hydrogen-bond acceptors (Lipinski definition) is 3. The number of fused-ring (bicyclic) bond motifs is 4. The molecule has 1 aliphatic heterocycles. The predicted octanol–water partition coefficient (Wildman–Crippen LogP) is 15.8. The van der Waals surface area contributed by atoms with Gasteiger partial charge in [0.15, 0.2) is 0 Å². The fourth-order valence-electron chi connectivity index (χ4n) is 8.98. The van der Waals surface area contributed by atoms with Crippen LogP contribution in [0.1, 0.15) is 94.2 Å². The fraction of sp³-hybridized carbons (Fsp3) is 0.210. The van der Waals surface area contributed by atoms with Crippen LogP contribution in [-0.2, 0) is 37.3 Å². The summed E-state index contributed by atoms with van der Waals surface area (Å²) in [5, 5.41) is 11.5. The van der Waals surface area contributed by atoms with E-state index in [4.69, 9.17) is 13.8 Å². The van der Waals surface area contributed by atoms with Crippen molar-refractivity contribution in [2.45, 2.75) is 85.4 Å². The normalized spacial score (nSPS) is 13.4. The second kappa shape index (κ2) is 17.7. The molecule has 69 heavy (non-hydrogen) atoms. The maximum Gasteiger partial charge on any atom is 2.00 e. The molecule has 6 nitrogen and oxygen atoms in total. The number of nitrogens with zero attached hydrogens (tertiary/aromatic N) is 5. The first kappa shape index (κ1) is 43.2. The van der Waals surface area contributed by atoms with Crippen molar-refractivity contribution in [1.29, 1.82) is 5.26 Å². The number of aryl methyl sites for hydroxylation is 1. The Hall–Kier alpha value is -7.15. The molecular weight excluding hydrogens is 1030 g/mol. The summed E-state index contributed by atoms with van der Waals surface area (Å²) in [5.41, 5.74) is 12.6. The van der Waals surface area contributed by atoms with E-state index < -0.39 is 6.85 Å². The number of aromatic nitrogens is 2. The summed E-state index contributed by atoms with van der Waals surface area (Å²) in [7, 11) is 0. The molecule has 0 aliphatic carbocycles. The van der Waals surface area contributed by atoms with Gasteiger partial charge in [0.2, 0.25) is 5.69 Å². The molecule has 342 valence electrons. The van der Waals surface area contributed by atoms with Gasteiger partial charge >= 0.3 is 32.8 Å². The molecule has 0 spiro atoms. The van der Waals surface area contributed by atoms with Crippen molar-refractivity contribution in [2.75, 3.05) is 0 Å². The van der Waals surface area contributed by atoms with Crippen LogP contribution in [0.15, 0.2) is 152 Å². The Kier molecular flexibility index (Phi) is 11.1. The van der Waals surface area contributed by atoms with Crippen LogP contribution in [0.3, 0.4) is 0 Å². The van der Waals surface area contributed by atoms with Gasteiger partial charge in [-0.05, 0) is 96.8 Å². The number of benzene rings is 7. The number of nitriles is 1. The molecule has 0 saturated carbocycles. The molecule has 0 unspecified atom stereocenters. The number of hydrogen-bond donors (Lipinski definition) is 0. The molecule has 1 aliphatic rings. The van der Waals surface area contributed by atoms with Crippen LogP contribution in [0.25, 0.3) is 49.9 Å². The van der Waals surface area contributed by atoms with Crippen molar-refractivity contribution in [3.63, 3.8) is 0 Å². The molecular formula is C62H55N5OPt+2. The van der Waals surface area contributed by atoms with Crippen LogP contribution in [0.5, 0.6) is 11.5 Å². The molecule has 0 atom stereocenters. The molecule has 3 heterocycles. The minimum Gasteiger partial charge on any atom is -0.509 e. The minimum atomic E-state index is -2.47. The number of para-hydroxylation sites is 2. The molecule has 0 saturated heterocycles. The topological polar surface area (TPSA) is 56.9 Å². The smallest absolute Gasteiger partial charge is 0.509 e. The number of rotatable bonds is 7. The first-order valence-electron chi connectivity index (χ1n) is 24.6. The largest absolute Gasteiger partial charge is 2.00 e. The van der Waals surface area contributed by atoms with Crippen molar-refractivity contribution in [2.24, 2.45) is 0 Å². The standard InChI is InChI=1S/C62H55N5O.Pt/c1-40-29-58(64-38-54(40)42-18-13-17-41(30-42)37-63)67-55-25-12-11-23-52(55)53-28-27-50(36-57(53)67)68-49-22-15-21-47(35-49)65-39-66(48-33-45(61(5,6)7)32-46(34-48)62(8,9)10)59-51(24-16-26-56(59)65)43-19-14-20-44(31-43)60(2,3)4;/h11-34,38H,1-10H3;/q;+2/i1D3;. The Labute approximate surface area is 425 Å². The van der Waals surface area contributed by atoms with Crippen LogP contribution in [-0.4, -0.2) is 15.6 Å². The van der Waals surface area contributed by atoms with Gasteiger partial charge in [-0.1, -0.05) is 151 Å². The van der Waals surface area contributed by atoms with E-state index in [0.717, 1.165) is 50.2 Å². The molecule has 9 aromatic rings. The first-order valence-corrected chi connectivity index (χ1v) is 23.1. The van der Waals surface area contributed by atoms with E-state index in [1.54, 1.807) is 36.5 Å².